The third-order valence-corrected chi connectivity index (χ3v) is 3.04. The van der Waals surface area contributed by atoms with Crippen LogP contribution >= 0.6 is 22.9 Å². The quantitative estimate of drug-likeness (QED) is 0.847. The van der Waals surface area contributed by atoms with E-state index in [4.69, 9.17) is 11.6 Å². The molecule has 0 aliphatic carbocycles. The van der Waals surface area contributed by atoms with Crippen molar-refractivity contribution >= 4 is 33.0 Å². The van der Waals surface area contributed by atoms with Gasteiger partial charge in [-0.25, -0.2) is 13.1 Å². The molecule has 1 N–H and O–H groups in total. The van der Waals surface area contributed by atoms with Crippen LogP contribution in [-0.2, 0) is 16.6 Å². The molecule has 0 saturated heterocycles. The maximum atomic E-state index is 10.7. The lowest BCUT2D eigenvalue weighted by Crippen LogP contribution is -2.20. The molecule has 1 heterocycles. The van der Waals surface area contributed by atoms with E-state index in [1.54, 1.807) is 12.1 Å². The van der Waals surface area contributed by atoms with Crippen LogP contribution in [0, 0.1) is 0 Å². The molecule has 3 nitrogen and oxygen atoms in total. The molecule has 0 aliphatic rings. The van der Waals surface area contributed by atoms with Crippen molar-refractivity contribution < 1.29 is 8.42 Å². The SMILES string of the molecule is CS(=O)(=O)NCc1ccc(Cl)s1. The monoisotopic (exact) mass is 225 g/mol. The summed E-state index contributed by atoms with van der Waals surface area (Å²) in [5.41, 5.74) is 0. The highest BCUT2D eigenvalue weighted by atomic mass is 35.5. The number of rotatable bonds is 3. The molecular formula is C6H8ClNO2S2. The Morgan fingerprint density at radius 2 is 2.25 bits per heavy atom. The Balaban J connectivity index is 2.55. The summed E-state index contributed by atoms with van der Waals surface area (Å²) >= 11 is 7.02. The van der Waals surface area contributed by atoms with E-state index in [0.29, 0.717) is 10.9 Å². The molecule has 6 heteroatoms. The third-order valence-electron chi connectivity index (χ3n) is 1.14. The van der Waals surface area contributed by atoms with E-state index in [1.165, 1.54) is 11.3 Å². The highest BCUT2D eigenvalue weighted by Crippen LogP contribution is 2.20. The summed E-state index contributed by atoms with van der Waals surface area (Å²) in [6.07, 6.45) is 1.13. The Labute approximate surface area is 80.4 Å². The maximum Gasteiger partial charge on any atom is 0.209 e. The minimum absolute atomic E-state index is 0.316. The summed E-state index contributed by atoms with van der Waals surface area (Å²) in [6.45, 7) is 0.316. The molecule has 1 aromatic rings. The Hall–Kier alpha value is -0.100. The van der Waals surface area contributed by atoms with Crippen LogP contribution in [0.5, 0.6) is 0 Å². The first-order valence-electron chi connectivity index (χ1n) is 3.16. The van der Waals surface area contributed by atoms with Gasteiger partial charge in [-0.2, -0.15) is 0 Å². The van der Waals surface area contributed by atoms with Crippen molar-refractivity contribution in [3.05, 3.63) is 21.3 Å². The van der Waals surface area contributed by atoms with Gasteiger partial charge in [0.25, 0.3) is 0 Å². The van der Waals surface area contributed by atoms with Crippen molar-refractivity contribution in [2.75, 3.05) is 6.26 Å². The van der Waals surface area contributed by atoms with Gasteiger partial charge in [0.05, 0.1) is 10.6 Å². The summed E-state index contributed by atoms with van der Waals surface area (Å²) in [7, 11) is -3.10. The molecular weight excluding hydrogens is 218 g/mol. The smallest absolute Gasteiger partial charge is 0.209 e. The van der Waals surface area contributed by atoms with Crippen LogP contribution in [0.25, 0.3) is 0 Å². The van der Waals surface area contributed by atoms with Gasteiger partial charge < -0.3 is 0 Å². The Kier molecular flexibility index (Phi) is 3.11. The Bertz CT molecular complexity index is 357. The molecule has 1 rings (SSSR count). The highest BCUT2D eigenvalue weighted by molar-refractivity contribution is 7.88. The highest BCUT2D eigenvalue weighted by Gasteiger charge is 2.02. The van der Waals surface area contributed by atoms with Gasteiger partial charge in [0.1, 0.15) is 0 Å². The van der Waals surface area contributed by atoms with E-state index in [2.05, 4.69) is 4.72 Å². The first kappa shape index (κ1) is 9.98. The topological polar surface area (TPSA) is 46.2 Å². The Morgan fingerprint density at radius 1 is 1.58 bits per heavy atom. The van der Waals surface area contributed by atoms with Gasteiger partial charge in [-0.15, -0.1) is 11.3 Å². The van der Waals surface area contributed by atoms with Gasteiger partial charge in [-0.1, -0.05) is 11.6 Å². The number of thiophene rings is 1. The molecule has 68 valence electrons. The second-order valence-corrected chi connectivity index (χ2v) is 5.93. The van der Waals surface area contributed by atoms with E-state index in [1.807, 2.05) is 0 Å². The molecule has 0 aromatic carbocycles. The normalized spacial score (nSPS) is 11.8. The number of hydrogen-bond donors (Lipinski definition) is 1. The van der Waals surface area contributed by atoms with Crippen LogP contribution in [0.2, 0.25) is 4.34 Å². The number of nitrogens with one attached hydrogen (secondary N) is 1. The van der Waals surface area contributed by atoms with E-state index in [9.17, 15) is 8.42 Å². The summed E-state index contributed by atoms with van der Waals surface area (Å²) in [6, 6.07) is 3.54. The molecule has 1 aromatic heterocycles. The van der Waals surface area contributed by atoms with Crippen molar-refractivity contribution in [3.8, 4) is 0 Å². The van der Waals surface area contributed by atoms with Crippen LogP contribution in [0.4, 0.5) is 0 Å². The predicted octanol–water partition coefficient (Wildman–Crippen LogP) is 1.45. The number of hydrogen-bond acceptors (Lipinski definition) is 3. The fourth-order valence-corrected chi connectivity index (χ4v) is 2.19. The fourth-order valence-electron chi connectivity index (χ4n) is 0.649. The van der Waals surface area contributed by atoms with Crippen LogP contribution < -0.4 is 4.72 Å². The van der Waals surface area contributed by atoms with Crippen molar-refractivity contribution in [3.63, 3.8) is 0 Å². The Morgan fingerprint density at radius 3 is 2.67 bits per heavy atom. The standard InChI is InChI=1S/C6H8ClNO2S2/c1-12(9,10)8-4-5-2-3-6(7)11-5/h2-3,8H,4H2,1H3. The van der Waals surface area contributed by atoms with Gasteiger partial charge in [-0.3, -0.25) is 0 Å². The molecule has 0 amide bonds. The van der Waals surface area contributed by atoms with Gasteiger partial charge in [-0.05, 0) is 12.1 Å². The fraction of sp³-hybridized carbons (Fsp3) is 0.333. The molecule has 0 atom stereocenters. The van der Waals surface area contributed by atoms with Crippen LogP contribution in [-0.4, -0.2) is 14.7 Å². The lowest BCUT2D eigenvalue weighted by atomic mass is 10.5. The van der Waals surface area contributed by atoms with Gasteiger partial charge in [0.2, 0.25) is 10.0 Å². The summed E-state index contributed by atoms with van der Waals surface area (Å²) in [5.74, 6) is 0. The molecule has 0 spiro atoms. The molecule has 12 heavy (non-hydrogen) atoms. The van der Waals surface area contributed by atoms with Crippen LogP contribution in [0.15, 0.2) is 12.1 Å². The second kappa shape index (κ2) is 3.74. The lowest BCUT2D eigenvalue weighted by Gasteiger charge is -1.97. The third kappa shape index (κ3) is 3.53. The van der Waals surface area contributed by atoms with Gasteiger partial charge in [0, 0.05) is 11.4 Å². The minimum Gasteiger partial charge on any atom is -0.213 e. The van der Waals surface area contributed by atoms with E-state index >= 15 is 0 Å². The zero-order valence-electron chi connectivity index (χ0n) is 6.37. The van der Waals surface area contributed by atoms with E-state index in [-0.39, 0.29) is 0 Å². The van der Waals surface area contributed by atoms with Crippen molar-refractivity contribution in [1.82, 2.24) is 4.72 Å². The summed E-state index contributed by atoms with van der Waals surface area (Å²) in [5, 5.41) is 0. The second-order valence-electron chi connectivity index (χ2n) is 2.30. The largest absolute Gasteiger partial charge is 0.213 e. The summed E-state index contributed by atoms with van der Waals surface area (Å²) < 4.78 is 24.4. The van der Waals surface area contributed by atoms with Crippen molar-refractivity contribution in [1.29, 1.82) is 0 Å². The summed E-state index contributed by atoms with van der Waals surface area (Å²) in [4.78, 5) is 0.908. The number of sulfonamides is 1. The average Bonchev–Trinajstić information content (AvgIpc) is 2.30. The molecule has 0 aliphatic heterocycles. The number of halogens is 1. The van der Waals surface area contributed by atoms with E-state index in [0.717, 1.165) is 11.1 Å². The van der Waals surface area contributed by atoms with Crippen molar-refractivity contribution in [2.45, 2.75) is 6.54 Å². The molecule has 0 bridgehead atoms. The first-order chi connectivity index (χ1) is 5.47. The maximum absolute atomic E-state index is 10.7. The van der Waals surface area contributed by atoms with Gasteiger partial charge in [0.15, 0.2) is 0 Å². The lowest BCUT2D eigenvalue weighted by molar-refractivity contribution is 0.588. The zero-order valence-corrected chi connectivity index (χ0v) is 8.76. The molecule has 0 fully saturated rings. The zero-order chi connectivity index (χ0) is 9.19. The first-order valence-corrected chi connectivity index (χ1v) is 6.25. The minimum atomic E-state index is -3.10. The van der Waals surface area contributed by atoms with Gasteiger partial charge >= 0.3 is 0 Å². The average molecular weight is 226 g/mol. The van der Waals surface area contributed by atoms with Crippen LogP contribution in [0.3, 0.4) is 0 Å². The van der Waals surface area contributed by atoms with Crippen LogP contribution in [0.1, 0.15) is 4.88 Å². The molecule has 0 unspecified atom stereocenters. The van der Waals surface area contributed by atoms with E-state index < -0.39 is 10.0 Å². The molecule has 0 saturated carbocycles. The predicted molar refractivity (Wildman–Crippen MR) is 51.0 cm³/mol. The molecule has 0 radical (unpaired) electrons. The van der Waals surface area contributed by atoms with Crippen molar-refractivity contribution in [2.24, 2.45) is 0 Å².